The number of hydrogen-bond acceptors (Lipinski definition) is 2. The zero-order valence-corrected chi connectivity index (χ0v) is 11.1. The summed E-state index contributed by atoms with van der Waals surface area (Å²) in [4.78, 5) is 14.8. The number of nitrogens with two attached hydrogens (primary N) is 1. The number of amides is 1. The van der Waals surface area contributed by atoms with E-state index < -0.39 is 0 Å². The Balaban J connectivity index is 1.97. The number of carbonyl (C=O) groups is 1. The SMILES string of the molecule is CC1(C(=O)N2CCCC2CCCN)CCCC1. The third kappa shape index (κ3) is 2.65. The summed E-state index contributed by atoms with van der Waals surface area (Å²) >= 11 is 0. The number of nitrogens with zero attached hydrogens (tertiary/aromatic N) is 1. The number of likely N-dealkylation sites (tertiary alicyclic amines) is 1. The fourth-order valence-electron chi connectivity index (χ4n) is 3.47. The van der Waals surface area contributed by atoms with Crippen molar-refractivity contribution >= 4 is 5.91 Å². The molecule has 0 aromatic carbocycles. The second kappa shape index (κ2) is 5.38. The molecule has 0 spiro atoms. The summed E-state index contributed by atoms with van der Waals surface area (Å²) in [5.74, 6) is 0.425. The van der Waals surface area contributed by atoms with Crippen LogP contribution in [0.15, 0.2) is 0 Å². The van der Waals surface area contributed by atoms with Gasteiger partial charge in [-0.05, 0) is 45.1 Å². The van der Waals surface area contributed by atoms with Crippen LogP contribution in [0.3, 0.4) is 0 Å². The third-order valence-electron chi connectivity index (χ3n) is 4.60. The minimum atomic E-state index is -0.0503. The molecule has 0 radical (unpaired) electrons. The molecular formula is C14H26N2O. The Morgan fingerprint density at radius 3 is 2.71 bits per heavy atom. The van der Waals surface area contributed by atoms with Crippen LogP contribution in [0.25, 0.3) is 0 Å². The standard InChI is InChI=1S/C14H26N2O/c1-14(8-2-3-9-14)13(17)16-11-5-7-12(16)6-4-10-15/h12H,2-11,15H2,1H3. The van der Waals surface area contributed by atoms with E-state index in [0.29, 0.717) is 11.9 Å². The summed E-state index contributed by atoms with van der Waals surface area (Å²) in [6.45, 7) is 3.89. The molecule has 1 amide bonds. The van der Waals surface area contributed by atoms with Crippen molar-refractivity contribution in [3.8, 4) is 0 Å². The molecule has 3 nitrogen and oxygen atoms in total. The van der Waals surface area contributed by atoms with Gasteiger partial charge in [0, 0.05) is 18.0 Å². The minimum absolute atomic E-state index is 0.0503. The van der Waals surface area contributed by atoms with Gasteiger partial charge in [-0.2, -0.15) is 0 Å². The first kappa shape index (κ1) is 12.9. The van der Waals surface area contributed by atoms with E-state index in [9.17, 15) is 4.79 Å². The first-order valence-corrected chi connectivity index (χ1v) is 7.18. The average molecular weight is 238 g/mol. The first-order chi connectivity index (χ1) is 8.17. The van der Waals surface area contributed by atoms with Crippen LogP contribution in [-0.4, -0.2) is 29.9 Å². The van der Waals surface area contributed by atoms with Gasteiger partial charge in [0.2, 0.25) is 5.91 Å². The third-order valence-corrected chi connectivity index (χ3v) is 4.60. The molecule has 2 fully saturated rings. The smallest absolute Gasteiger partial charge is 0.228 e. The highest BCUT2D eigenvalue weighted by atomic mass is 16.2. The zero-order valence-electron chi connectivity index (χ0n) is 11.1. The van der Waals surface area contributed by atoms with Gasteiger partial charge in [-0.1, -0.05) is 19.8 Å². The Labute approximate surface area is 105 Å². The minimum Gasteiger partial charge on any atom is -0.339 e. The maximum Gasteiger partial charge on any atom is 0.228 e. The predicted octanol–water partition coefficient (Wildman–Crippen LogP) is 2.30. The quantitative estimate of drug-likeness (QED) is 0.817. The van der Waals surface area contributed by atoms with Crippen molar-refractivity contribution in [2.45, 2.75) is 64.3 Å². The number of carbonyl (C=O) groups excluding carboxylic acids is 1. The van der Waals surface area contributed by atoms with Gasteiger partial charge in [0.1, 0.15) is 0 Å². The number of hydrogen-bond donors (Lipinski definition) is 1. The van der Waals surface area contributed by atoms with E-state index in [-0.39, 0.29) is 5.41 Å². The predicted molar refractivity (Wildman–Crippen MR) is 69.6 cm³/mol. The molecule has 1 aliphatic heterocycles. The van der Waals surface area contributed by atoms with E-state index >= 15 is 0 Å². The Bertz CT molecular complexity index is 271. The molecule has 1 saturated heterocycles. The van der Waals surface area contributed by atoms with Gasteiger partial charge >= 0.3 is 0 Å². The maximum atomic E-state index is 12.6. The molecule has 1 aliphatic carbocycles. The van der Waals surface area contributed by atoms with E-state index in [0.717, 1.165) is 38.8 Å². The van der Waals surface area contributed by atoms with Crippen LogP contribution >= 0.6 is 0 Å². The Kier molecular flexibility index (Phi) is 4.08. The van der Waals surface area contributed by atoms with Gasteiger partial charge in [-0.25, -0.2) is 0 Å². The summed E-state index contributed by atoms with van der Waals surface area (Å²) in [6.07, 6.45) is 9.13. The summed E-state index contributed by atoms with van der Waals surface area (Å²) < 4.78 is 0. The first-order valence-electron chi connectivity index (χ1n) is 7.18. The van der Waals surface area contributed by atoms with Crippen molar-refractivity contribution in [3.63, 3.8) is 0 Å². The lowest BCUT2D eigenvalue weighted by Gasteiger charge is -2.33. The molecule has 2 N–H and O–H groups in total. The Hall–Kier alpha value is -0.570. The molecule has 0 aromatic rings. The van der Waals surface area contributed by atoms with Gasteiger partial charge in [0.05, 0.1) is 0 Å². The monoisotopic (exact) mass is 238 g/mol. The molecule has 2 rings (SSSR count). The largest absolute Gasteiger partial charge is 0.339 e. The zero-order chi connectivity index (χ0) is 12.3. The highest BCUT2D eigenvalue weighted by molar-refractivity contribution is 5.83. The molecule has 1 heterocycles. The lowest BCUT2D eigenvalue weighted by molar-refractivity contribution is -0.142. The molecular weight excluding hydrogens is 212 g/mol. The topological polar surface area (TPSA) is 46.3 Å². The second-order valence-electron chi connectivity index (χ2n) is 5.99. The van der Waals surface area contributed by atoms with Crippen LogP contribution in [0.2, 0.25) is 0 Å². The van der Waals surface area contributed by atoms with E-state index in [1.807, 2.05) is 0 Å². The van der Waals surface area contributed by atoms with Crippen LogP contribution in [0.4, 0.5) is 0 Å². The van der Waals surface area contributed by atoms with Gasteiger partial charge in [0.15, 0.2) is 0 Å². The lowest BCUT2D eigenvalue weighted by Crippen LogP contribution is -2.43. The van der Waals surface area contributed by atoms with Crippen molar-refractivity contribution < 1.29 is 4.79 Å². The molecule has 17 heavy (non-hydrogen) atoms. The van der Waals surface area contributed by atoms with Crippen molar-refractivity contribution in [2.75, 3.05) is 13.1 Å². The van der Waals surface area contributed by atoms with E-state index in [1.165, 1.54) is 25.7 Å². The van der Waals surface area contributed by atoms with Gasteiger partial charge in [0.25, 0.3) is 0 Å². The lowest BCUT2D eigenvalue weighted by atomic mass is 9.86. The summed E-state index contributed by atoms with van der Waals surface area (Å²) in [6, 6.07) is 0.475. The molecule has 1 saturated carbocycles. The van der Waals surface area contributed by atoms with Crippen LogP contribution in [-0.2, 0) is 4.79 Å². The van der Waals surface area contributed by atoms with E-state index in [1.54, 1.807) is 0 Å². The van der Waals surface area contributed by atoms with Crippen LogP contribution in [0.5, 0.6) is 0 Å². The fraction of sp³-hybridized carbons (Fsp3) is 0.929. The van der Waals surface area contributed by atoms with Crippen molar-refractivity contribution in [1.82, 2.24) is 4.90 Å². The average Bonchev–Trinajstić information content (AvgIpc) is 2.95. The van der Waals surface area contributed by atoms with Crippen molar-refractivity contribution in [1.29, 1.82) is 0 Å². The van der Waals surface area contributed by atoms with Crippen molar-refractivity contribution in [2.24, 2.45) is 11.1 Å². The molecule has 1 unspecified atom stereocenters. The Morgan fingerprint density at radius 1 is 1.35 bits per heavy atom. The molecule has 0 bridgehead atoms. The normalized spacial score (nSPS) is 27.6. The molecule has 2 aliphatic rings. The van der Waals surface area contributed by atoms with Gasteiger partial charge < -0.3 is 10.6 Å². The maximum absolute atomic E-state index is 12.6. The molecule has 0 aromatic heterocycles. The van der Waals surface area contributed by atoms with Crippen LogP contribution in [0, 0.1) is 5.41 Å². The summed E-state index contributed by atoms with van der Waals surface area (Å²) in [5.41, 5.74) is 5.52. The number of rotatable bonds is 4. The van der Waals surface area contributed by atoms with E-state index in [2.05, 4.69) is 11.8 Å². The highest BCUT2D eigenvalue weighted by Crippen LogP contribution is 2.40. The Morgan fingerprint density at radius 2 is 2.06 bits per heavy atom. The summed E-state index contributed by atoms with van der Waals surface area (Å²) in [5, 5.41) is 0. The van der Waals surface area contributed by atoms with Crippen LogP contribution in [0.1, 0.15) is 58.3 Å². The summed E-state index contributed by atoms with van der Waals surface area (Å²) in [7, 11) is 0. The highest BCUT2D eigenvalue weighted by Gasteiger charge is 2.42. The fourth-order valence-corrected chi connectivity index (χ4v) is 3.47. The van der Waals surface area contributed by atoms with Gasteiger partial charge in [-0.15, -0.1) is 0 Å². The molecule has 98 valence electrons. The van der Waals surface area contributed by atoms with Crippen molar-refractivity contribution in [3.05, 3.63) is 0 Å². The second-order valence-corrected chi connectivity index (χ2v) is 5.99. The molecule has 1 atom stereocenters. The van der Waals surface area contributed by atoms with E-state index in [4.69, 9.17) is 5.73 Å². The van der Waals surface area contributed by atoms with Gasteiger partial charge in [-0.3, -0.25) is 4.79 Å². The molecule has 3 heteroatoms. The van der Waals surface area contributed by atoms with Crippen LogP contribution < -0.4 is 5.73 Å².